The Morgan fingerprint density at radius 3 is 2.96 bits per heavy atom. The van der Waals surface area contributed by atoms with Gasteiger partial charge in [0.25, 0.3) is 11.8 Å². The molecule has 1 aliphatic rings. The SMILES string of the molecule is CC(NC(=O)c1ccc2c(c1)C(=O)NCCO2)C(N)c1ccco1. The number of benzene rings is 1. The molecule has 0 fully saturated rings. The van der Waals surface area contributed by atoms with Crippen molar-refractivity contribution < 1.29 is 18.7 Å². The van der Waals surface area contributed by atoms with E-state index >= 15 is 0 Å². The molecule has 2 unspecified atom stereocenters. The number of rotatable bonds is 4. The van der Waals surface area contributed by atoms with E-state index in [0.29, 0.717) is 35.8 Å². The van der Waals surface area contributed by atoms with Gasteiger partial charge in [0.1, 0.15) is 18.1 Å². The molecule has 3 rings (SSSR count). The highest BCUT2D eigenvalue weighted by atomic mass is 16.5. The van der Waals surface area contributed by atoms with Gasteiger partial charge in [-0.05, 0) is 37.3 Å². The number of nitrogens with two attached hydrogens (primary N) is 1. The molecule has 2 atom stereocenters. The number of amides is 2. The van der Waals surface area contributed by atoms with E-state index in [2.05, 4.69) is 10.6 Å². The van der Waals surface area contributed by atoms with Crippen molar-refractivity contribution in [2.75, 3.05) is 13.2 Å². The molecule has 0 radical (unpaired) electrons. The Bertz CT molecular complexity index is 742. The summed E-state index contributed by atoms with van der Waals surface area (Å²) >= 11 is 0. The van der Waals surface area contributed by atoms with Crippen molar-refractivity contribution in [1.82, 2.24) is 10.6 Å². The number of hydrogen-bond acceptors (Lipinski definition) is 5. The van der Waals surface area contributed by atoms with Gasteiger partial charge in [-0.3, -0.25) is 9.59 Å². The van der Waals surface area contributed by atoms with Gasteiger partial charge in [0, 0.05) is 11.6 Å². The Balaban J connectivity index is 1.74. The van der Waals surface area contributed by atoms with Gasteiger partial charge in [-0.15, -0.1) is 0 Å². The monoisotopic (exact) mass is 329 g/mol. The van der Waals surface area contributed by atoms with E-state index in [1.165, 1.54) is 12.3 Å². The van der Waals surface area contributed by atoms with Crippen LogP contribution in [0.25, 0.3) is 0 Å². The highest BCUT2D eigenvalue weighted by Crippen LogP contribution is 2.22. The van der Waals surface area contributed by atoms with E-state index in [1.807, 2.05) is 0 Å². The summed E-state index contributed by atoms with van der Waals surface area (Å²) in [4.78, 5) is 24.4. The lowest BCUT2D eigenvalue weighted by Crippen LogP contribution is -2.40. The highest BCUT2D eigenvalue weighted by Gasteiger charge is 2.22. The summed E-state index contributed by atoms with van der Waals surface area (Å²) < 4.78 is 10.7. The fourth-order valence-electron chi connectivity index (χ4n) is 2.50. The molecule has 2 aromatic rings. The fraction of sp³-hybridized carbons (Fsp3) is 0.294. The Morgan fingerprint density at radius 1 is 1.38 bits per heavy atom. The summed E-state index contributed by atoms with van der Waals surface area (Å²) in [7, 11) is 0. The zero-order valence-electron chi connectivity index (χ0n) is 13.2. The average molecular weight is 329 g/mol. The van der Waals surface area contributed by atoms with Gasteiger partial charge >= 0.3 is 0 Å². The molecule has 7 nitrogen and oxygen atoms in total. The number of furan rings is 1. The summed E-state index contributed by atoms with van der Waals surface area (Å²) in [6, 6.07) is 7.48. The summed E-state index contributed by atoms with van der Waals surface area (Å²) in [6.07, 6.45) is 1.54. The largest absolute Gasteiger partial charge is 0.491 e. The smallest absolute Gasteiger partial charge is 0.255 e. The van der Waals surface area contributed by atoms with Gasteiger partial charge in [0.05, 0.1) is 24.4 Å². The van der Waals surface area contributed by atoms with Crippen LogP contribution in [-0.2, 0) is 0 Å². The average Bonchev–Trinajstić information content (AvgIpc) is 3.05. The molecule has 0 aliphatic carbocycles. The maximum Gasteiger partial charge on any atom is 0.255 e. The quantitative estimate of drug-likeness (QED) is 0.782. The molecule has 0 spiro atoms. The Hall–Kier alpha value is -2.80. The van der Waals surface area contributed by atoms with E-state index in [1.54, 1.807) is 31.2 Å². The second kappa shape index (κ2) is 6.76. The van der Waals surface area contributed by atoms with E-state index in [4.69, 9.17) is 14.9 Å². The van der Waals surface area contributed by atoms with Crippen LogP contribution in [0.2, 0.25) is 0 Å². The van der Waals surface area contributed by atoms with Crippen LogP contribution in [0, 0.1) is 0 Å². The van der Waals surface area contributed by atoms with Gasteiger partial charge < -0.3 is 25.5 Å². The molecule has 2 heterocycles. The van der Waals surface area contributed by atoms with Crippen molar-refractivity contribution >= 4 is 11.8 Å². The molecule has 1 aliphatic heterocycles. The second-order valence-corrected chi connectivity index (χ2v) is 5.62. The molecule has 1 aromatic carbocycles. The predicted molar refractivity (Wildman–Crippen MR) is 86.8 cm³/mol. The van der Waals surface area contributed by atoms with Gasteiger partial charge in [-0.25, -0.2) is 0 Å². The summed E-state index contributed by atoms with van der Waals surface area (Å²) in [5.74, 6) is 0.501. The second-order valence-electron chi connectivity index (χ2n) is 5.62. The molecular weight excluding hydrogens is 310 g/mol. The molecule has 1 aromatic heterocycles. The Labute approximate surface area is 139 Å². The maximum absolute atomic E-state index is 12.4. The molecule has 0 saturated carbocycles. The van der Waals surface area contributed by atoms with Crippen molar-refractivity contribution in [2.24, 2.45) is 5.73 Å². The van der Waals surface area contributed by atoms with E-state index in [-0.39, 0.29) is 17.9 Å². The Morgan fingerprint density at radius 2 is 2.21 bits per heavy atom. The van der Waals surface area contributed by atoms with Crippen molar-refractivity contribution in [1.29, 1.82) is 0 Å². The molecular formula is C17H19N3O4. The third kappa shape index (κ3) is 3.26. The number of ether oxygens (including phenoxy) is 1. The van der Waals surface area contributed by atoms with Crippen molar-refractivity contribution in [2.45, 2.75) is 19.0 Å². The third-order valence-electron chi connectivity index (χ3n) is 3.90. The van der Waals surface area contributed by atoms with Crippen LogP contribution >= 0.6 is 0 Å². The predicted octanol–water partition coefficient (Wildman–Crippen LogP) is 1.22. The summed E-state index contributed by atoms with van der Waals surface area (Å²) in [5, 5.41) is 5.54. The third-order valence-corrected chi connectivity index (χ3v) is 3.90. The first-order chi connectivity index (χ1) is 11.6. The lowest BCUT2D eigenvalue weighted by Gasteiger charge is -2.19. The van der Waals surface area contributed by atoms with Crippen LogP contribution in [0.15, 0.2) is 41.0 Å². The van der Waals surface area contributed by atoms with Crippen LogP contribution in [-0.4, -0.2) is 31.0 Å². The molecule has 0 saturated heterocycles. The van der Waals surface area contributed by atoms with Crippen LogP contribution < -0.4 is 21.1 Å². The first-order valence-corrected chi connectivity index (χ1v) is 7.71. The van der Waals surface area contributed by atoms with Gasteiger partial charge in [-0.2, -0.15) is 0 Å². The standard InChI is InChI=1S/C17H19N3O4/c1-10(15(18)14-3-2-7-23-14)20-16(21)11-4-5-13-12(9-11)17(22)19-6-8-24-13/h2-5,7,9-10,15H,6,8,18H2,1H3,(H,19,22)(H,20,21). The lowest BCUT2D eigenvalue weighted by atomic mass is 10.1. The van der Waals surface area contributed by atoms with Crippen LogP contribution in [0.1, 0.15) is 39.4 Å². The van der Waals surface area contributed by atoms with Crippen LogP contribution in [0.4, 0.5) is 0 Å². The molecule has 126 valence electrons. The van der Waals surface area contributed by atoms with Gasteiger partial charge in [0.2, 0.25) is 0 Å². The minimum Gasteiger partial charge on any atom is -0.491 e. The molecule has 4 N–H and O–H groups in total. The molecule has 7 heteroatoms. The molecule has 24 heavy (non-hydrogen) atoms. The highest BCUT2D eigenvalue weighted by molar-refractivity contribution is 6.01. The number of nitrogens with one attached hydrogen (secondary N) is 2. The zero-order chi connectivity index (χ0) is 17.1. The molecule has 0 bridgehead atoms. The Kier molecular flexibility index (Phi) is 4.52. The minimum absolute atomic E-state index is 0.252. The first-order valence-electron chi connectivity index (χ1n) is 7.71. The van der Waals surface area contributed by atoms with Gasteiger partial charge in [-0.1, -0.05) is 0 Å². The van der Waals surface area contributed by atoms with Crippen molar-refractivity contribution in [3.8, 4) is 5.75 Å². The van der Waals surface area contributed by atoms with E-state index < -0.39 is 6.04 Å². The number of carbonyl (C=O) groups excluding carboxylic acids is 2. The van der Waals surface area contributed by atoms with Crippen LogP contribution in [0.3, 0.4) is 0 Å². The normalized spacial score (nSPS) is 16.2. The fourth-order valence-corrected chi connectivity index (χ4v) is 2.50. The summed E-state index contributed by atoms with van der Waals surface area (Å²) in [6.45, 7) is 2.63. The first kappa shape index (κ1) is 16.1. The van der Waals surface area contributed by atoms with Crippen molar-refractivity contribution in [3.63, 3.8) is 0 Å². The van der Waals surface area contributed by atoms with Gasteiger partial charge in [0.15, 0.2) is 0 Å². The summed E-state index contributed by atoms with van der Waals surface area (Å²) in [5.41, 5.74) is 6.79. The maximum atomic E-state index is 12.4. The topological polar surface area (TPSA) is 107 Å². The zero-order valence-corrected chi connectivity index (χ0v) is 13.2. The van der Waals surface area contributed by atoms with E-state index in [9.17, 15) is 9.59 Å². The van der Waals surface area contributed by atoms with E-state index in [0.717, 1.165) is 0 Å². The van der Waals surface area contributed by atoms with Crippen molar-refractivity contribution in [3.05, 3.63) is 53.5 Å². The number of hydrogen-bond donors (Lipinski definition) is 3. The number of carbonyl (C=O) groups is 2. The lowest BCUT2D eigenvalue weighted by molar-refractivity contribution is 0.0933. The minimum atomic E-state index is -0.462. The number of fused-ring (bicyclic) bond motifs is 1. The van der Waals surface area contributed by atoms with Crippen LogP contribution in [0.5, 0.6) is 5.75 Å². The molecule has 2 amide bonds.